The molecule has 26 heavy (non-hydrogen) atoms. The molecule has 3 aromatic rings. The first-order chi connectivity index (χ1) is 12.7. The van der Waals surface area contributed by atoms with E-state index in [1.807, 2.05) is 42.0 Å². The van der Waals surface area contributed by atoms with Crippen molar-refractivity contribution in [1.82, 2.24) is 9.55 Å². The van der Waals surface area contributed by atoms with Gasteiger partial charge in [0.25, 0.3) is 0 Å². The van der Waals surface area contributed by atoms with Crippen molar-refractivity contribution in [1.29, 1.82) is 0 Å². The van der Waals surface area contributed by atoms with Crippen molar-refractivity contribution in [3.05, 3.63) is 65.9 Å². The van der Waals surface area contributed by atoms with Gasteiger partial charge in [-0.15, -0.1) is 0 Å². The lowest BCUT2D eigenvalue weighted by atomic mass is 10.3. The van der Waals surface area contributed by atoms with Gasteiger partial charge >= 0.3 is 0 Å². The van der Waals surface area contributed by atoms with Crippen molar-refractivity contribution in [2.45, 2.75) is 12.1 Å². The molecule has 5 nitrogen and oxygen atoms in total. The van der Waals surface area contributed by atoms with E-state index in [-0.39, 0.29) is 11.7 Å². The lowest BCUT2D eigenvalue weighted by molar-refractivity contribution is -0.113. The Balaban J connectivity index is 1.62. The fourth-order valence-corrected chi connectivity index (χ4v) is 3.32. The molecule has 1 aromatic heterocycles. The Morgan fingerprint density at radius 3 is 2.81 bits per heavy atom. The third kappa shape index (κ3) is 4.80. The minimum Gasteiger partial charge on any atom is -0.494 e. The zero-order chi connectivity index (χ0) is 18.4. The number of hydrogen-bond donors (Lipinski definition) is 1. The van der Waals surface area contributed by atoms with Gasteiger partial charge in [0.2, 0.25) is 5.91 Å². The highest BCUT2D eigenvalue weighted by Gasteiger charge is 2.10. The van der Waals surface area contributed by atoms with Crippen LogP contribution in [0.3, 0.4) is 0 Å². The fraction of sp³-hybridized carbons (Fsp3) is 0.158. The van der Waals surface area contributed by atoms with Crippen molar-refractivity contribution in [2.24, 2.45) is 0 Å². The van der Waals surface area contributed by atoms with E-state index in [1.165, 1.54) is 11.8 Å². The van der Waals surface area contributed by atoms with Gasteiger partial charge in [0, 0.05) is 28.8 Å². The molecule has 0 atom stereocenters. The largest absolute Gasteiger partial charge is 0.494 e. The maximum Gasteiger partial charge on any atom is 0.234 e. The first kappa shape index (κ1) is 18.4. The number of halogens is 1. The van der Waals surface area contributed by atoms with Crippen LogP contribution in [0.4, 0.5) is 5.69 Å². The molecule has 0 aliphatic heterocycles. The van der Waals surface area contributed by atoms with Gasteiger partial charge in [0.15, 0.2) is 5.16 Å². The van der Waals surface area contributed by atoms with Crippen LogP contribution in [-0.2, 0) is 4.79 Å². The molecule has 0 spiro atoms. The maximum absolute atomic E-state index is 12.2. The monoisotopic (exact) mass is 387 g/mol. The quantitative estimate of drug-likeness (QED) is 0.599. The number of nitrogens with one attached hydrogen (secondary N) is 1. The number of anilines is 1. The maximum atomic E-state index is 12.2. The van der Waals surface area contributed by atoms with E-state index in [1.54, 1.807) is 30.5 Å². The van der Waals surface area contributed by atoms with E-state index < -0.39 is 0 Å². The van der Waals surface area contributed by atoms with Crippen molar-refractivity contribution < 1.29 is 9.53 Å². The van der Waals surface area contributed by atoms with Crippen molar-refractivity contribution in [3.63, 3.8) is 0 Å². The Morgan fingerprint density at radius 2 is 2.08 bits per heavy atom. The summed E-state index contributed by atoms with van der Waals surface area (Å²) in [6, 6.07) is 14.8. The normalized spacial score (nSPS) is 10.5. The molecule has 1 N–H and O–H groups in total. The highest BCUT2D eigenvalue weighted by Crippen LogP contribution is 2.23. The third-order valence-electron chi connectivity index (χ3n) is 3.47. The Labute approximate surface area is 161 Å². The number of hydrogen-bond acceptors (Lipinski definition) is 4. The number of imidazole rings is 1. The number of carbonyl (C=O) groups excluding carboxylic acids is 1. The summed E-state index contributed by atoms with van der Waals surface area (Å²) < 4.78 is 7.40. The fourth-order valence-electron chi connectivity index (χ4n) is 2.36. The lowest BCUT2D eigenvalue weighted by Gasteiger charge is -2.09. The summed E-state index contributed by atoms with van der Waals surface area (Å²) in [6.07, 6.45) is 3.58. The average Bonchev–Trinajstić information content (AvgIpc) is 3.09. The van der Waals surface area contributed by atoms with E-state index in [9.17, 15) is 4.79 Å². The third-order valence-corrected chi connectivity index (χ3v) is 4.68. The number of carbonyl (C=O) groups is 1. The topological polar surface area (TPSA) is 56.2 Å². The van der Waals surface area contributed by atoms with Gasteiger partial charge in [-0.25, -0.2) is 4.98 Å². The summed E-state index contributed by atoms with van der Waals surface area (Å²) in [5, 5.41) is 4.16. The second kappa shape index (κ2) is 8.78. The zero-order valence-electron chi connectivity index (χ0n) is 14.2. The van der Waals surface area contributed by atoms with E-state index >= 15 is 0 Å². The van der Waals surface area contributed by atoms with Gasteiger partial charge in [-0.1, -0.05) is 29.4 Å². The second-order valence-corrected chi connectivity index (χ2v) is 6.73. The number of rotatable bonds is 7. The van der Waals surface area contributed by atoms with Crippen molar-refractivity contribution in [3.8, 4) is 11.4 Å². The van der Waals surface area contributed by atoms with Crippen LogP contribution in [0.2, 0.25) is 5.02 Å². The first-order valence-corrected chi connectivity index (χ1v) is 9.47. The van der Waals surface area contributed by atoms with E-state index in [2.05, 4.69) is 10.3 Å². The number of ether oxygens (including phenoxy) is 1. The molecular formula is C19H18ClN3O2S. The van der Waals surface area contributed by atoms with E-state index in [0.717, 1.165) is 16.6 Å². The standard InChI is InChI=1S/C19H18ClN3O2S/c1-2-25-17-8-6-16(7-9-17)23-11-10-21-19(23)26-13-18(24)22-15-5-3-4-14(20)12-15/h3-12H,2,13H2,1H3,(H,22,24). The summed E-state index contributed by atoms with van der Waals surface area (Å²) in [7, 11) is 0. The predicted molar refractivity (Wildman–Crippen MR) is 106 cm³/mol. The zero-order valence-corrected chi connectivity index (χ0v) is 15.8. The lowest BCUT2D eigenvalue weighted by Crippen LogP contribution is -2.14. The molecule has 1 amide bonds. The van der Waals surface area contributed by atoms with Gasteiger partial charge in [-0.05, 0) is 49.4 Å². The molecule has 0 saturated carbocycles. The van der Waals surface area contributed by atoms with Crippen LogP contribution < -0.4 is 10.1 Å². The molecule has 3 rings (SSSR count). The first-order valence-electron chi connectivity index (χ1n) is 8.10. The number of thioether (sulfide) groups is 1. The number of nitrogens with zero attached hydrogens (tertiary/aromatic N) is 2. The molecule has 0 fully saturated rings. The molecule has 0 bridgehead atoms. The van der Waals surface area contributed by atoms with Crippen LogP contribution >= 0.6 is 23.4 Å². The summed E-state index contributed by atoms with van der Waals surface area (Å²) in [5.74, 6) is 0.963. The van der Waals surface area contributed by atoms with Gasteiger partial charge in [0.1, 0.15) is 5.75 Å². The molecule has 0 unspecified atom stereocenters. The average molecular weight is 388 g/mol. The van der Waals surface area contributed by atoms with Crippen LogP contribution in [-0.4, -0.2) is 27.8 Å². The Morgan fingerprint density at radius 1 is 1.27 bits per heavy atom. The van der Waals surface area contributed by atoms with Crippen molar-refractivity contribution in [2.75, 3.05) is 17.7 Å². The van der Waals surface area contributed by atoms with Crippen LogP contribution in [0, 0.1) is 0 Å². The number of aromatic nitrogens is 2. The smallest absolute Gasteiger partial charge is 0.234 e. The summed E-state index contributed by atoms with van der Waals surface area (Å²) in [5.41, 5.74) is 1.64. The molecule has 2 aromatic carbocycles. The van der Waals surface area contributed by atoms with Gasteiger partial charge < -0.3 is 10.1 Å². The molecule has 1 heterocycles. The molecule has 0 radical (unpaired) electrons. The van der Waals surface area contributed by atoms with Crippen LogP contribution in [0.25, 0.3) is 5.69 Å². The number of benzene rings is 2. The van der Waals surface area contributed by atoms with Gasteiger partial charge in [0.05, 0.1) is 12.4 Å². The molecule has 0 saturated heterocycles. The Hall–Kier alpha value is -2.44. The van der Waals surface area contributed by atoms with Crippen LogP contribution in [0.1, 0.15) is 6.92 Å². The van der Waals surface area contributed by atoms with Crippen LogP contribution in [0.5, 0.6) is 5.75 Å². The SMILES string of the molecule is CCOc1ccc(-n2ccnc2SCC(=O)Nc2cccc(Cl)c2)cc1. The van der Waals surface area contributed by atoms with E-state index in [4.69, 9.17) is 16.3 Å². The van der Waals surface area contributed by atoms with E-state index in [0.29, 0.717) is 17.3 Å². The predicted octanol–water partition coefficient (Wildman–Crippen LogP) is 4.66. The highest BCUT2D eigenvalue weighted by molar-refractivity contribution is 7.99. The molecule has 7 heteroatoms. The highest BCUT2D eigenvalue weighted by atomic mass is 35.5. The molecule has 0 aliphatic carbocycles. The Kier molecular flexibility index (Phi) is 6.20. The summed E-state index contributed by atoms with van der Waals surface area (Å²) in [6.45, 7) is 2.58. The Bertz CT molecular complexity index is 881. The molecular weight excluding hydrogens is 370 g/mol. The number of amides is 1. The summed E-state index contributed by atoms with van der Waals surface area (Å²) >= 11 is 7.30. The second-order valence-electron chi connectivity index (χ2n) is 5.35. The minimum absolute atomic E-state index is 0.112. The minimum atomic E-state index is -0.112. The van der Waals surface area contributed by atoms with Crippen molar-refractivity contribution >= 4 is 35.0 Å². The van der Waals surface area contributed by atoms with Gasteiger partial charge in [-0.3, -0.25) is 9.36 Å². The summed E-state index contributed by atoms with van der Waals surface area (Å²) in [4.78, 5) is 16.5. The molecule has 0 aliphatic rings. The van der Waals surface area contributed by atoms with Crippen LogP contribution in [0.15, 0.2) is 66.1 Å². The molecule has 134 valence electrons. The van der Waals surface area contributed by atoms with Gasteiger partial charge in [-0.2, -0.15) is 0 Å².